The van der Waals surface area contributed by atoms with Crippen molar-refractivity contribution in [3.63, 3.8) is 0 Å². The van der Waals surface area contributed by atoms with E-state index in [0.29, 0.717) is 6.54 Å². The molecule has 1 aromatic rings. The molecule has 7 nitrogen and oxygen atoms in total. The van der Waals surface area contributed by atoms with Crippen LogP contribution in [0.2, 0.25) is 0 Å². The van der Waals surface area contributed by atoms with Crippen molar-refractivity contribution in [2.45, 2.75) is 20.3 Å². The first-order valence-corrected chi connectivity index (χ1v) is 6.97. The number of nitrogens with one attached hydrogen (secondary N) is 1. The van der Waals surface area contributed by atoms with E-state index in [9.17, 15) is 20.0 Å². The average molecular weight is 295 g/mol. The fourth-order valence-electron chi connectivity index (χ4n) is 2.00. The quantitative estimate of drug-likeness (QED) is 0.433. The molecule has 0 fully saturated rings. The molecule has 2 N–H and O–H groups in total. The van der Waals surface area contributed by atoms with Crippen molar-refractivity contribution in [1.29, 1.82) is 0 Å². The summed E-state index contributed by atoms with van der Waals surface area (Å²) in [6.45, 7) is 7.32. The zero-order valence-corrected chi connectivity index (χ0v) is 12.3. The normalized spacial score (nSPS) is 10.6. The Bertz CT molecular complexity index is 501. The van der Waals surface area contributed by atoms with Gasteiger partial charge in [0.05, 0.1) is 4.92 Å². The second kappa shape index (κ2) is 8.21. The summed E-state index contributed by atoms with van der Waals surface area (Å²) in [5.74, 6) is -0.717. The summed E-state index contributed by atoms with van der Waals surface area (Å²) >= 11 is 0. The number of carbonyl (C=O) groups is 1. The minimum absolute atomic E-state index is 0.122. The zero-order chi connectivity index (χ0) is 15.8. The molecule has 1 amide bonds. The number of amides is 1. The predicted octanol–water partition coefficient (Wildman–Crippen LogP) is 1.76. The third-order valence-electron chi connectivity index (χ3n) is 3.25. The van der Waals surface area contributed by atoms with Gasteiger partial charge in [0.15, 0.2) is 0 Å². The van der Waals surface area contributed by atoms with Crippen molar-refractivity contribution in [1.82, 2.24) is 10.2 Å². The minimum Gasteiger partial charge on any atom is -0.508 e. The highest BCUT2D eigenvalue weighted by Crippen LogP contribution is 2.23. The Morgan fingerprint density at radius 1 is 1.38 bits per heavy atom. The fraction of sp³-hybridized carbons (Fsp3) is 0.500. The van der Waals surface area contributed by atoms with Crippen molar-refractivity contribution in [3.05, 3.63) is 33.9 Å². The van der Waals surface area contributed by atoms with Gasteiger partial charge in [0.2, 0.25) is 0 Å². The number of carbonyl (C=O) groups excluding carboxylic acids is 1. The van der Waals surface area contributed by atoms with Crippen molar-refractivity contribution < 1.29 is 14.8 Å². The number of phenols is 1. The molecule has 0 aliphatic heterocycles. The van der Waals surface area contributed by atoms with Gasteiger partial charge in [-0.1, -0.05) is 13.8 Å². The van der Waals surface area contributed by atoms with Crippen molar-refractivity contribution in [2.75, 3.05) is 26.2 Å². The Kier molecular flexibility index (Phi) is 6.61. The molecule has 0 heterocycles. The van der Waals surface area contributed by atoms with Crippen LogP contribution in [0.5, 0.6) is 5.75 Å². The summed E-state index contributed by atoms with van der Waals surface area (Å²) in [7, 11) is 0. The van der Waals surface area contributed by atoms with Crippen molar-refractivity contribution >= 4 is 11.6 Å². The van der Waals surface area contributed by atoms with Crippen LogP contribution in [0.3, 0.4) is 0 Å². The third-order valence-corrected chi connectivity index (χ3v) is 3.25. The maximum atomic E-state index is 12.0. The molecule has 1 aromatic carbocycles. The zero-order valence-electron chi connectivity index (χ0n) is 12.3. The van der Waals surface area contributed by atoms with Crippen LogP contribution in [0.15, 0.2) is 18.2 Å². The molecule has 0 saturated heterocycles. The number of aromatic hydroxyl groups is 1. The lowest BCUT2D eigenvalue weighted by molar-refractivity contribution is -0.385. The van der Waals surface area contributed by atoms with Gasteiger partial charge in [0.1, 0.15) is 11.3 Å². The number of nitrogens with zero attached hydrogens (tertiary/aromatic N) is 2. The van der Waals surface area contributed by atoms with E-state index in [-0.39, 0.29) is 17.0 Å². The van der Waals surface area contributed by atoms with Gasteiger partial charge in [0, 0.05) is 12.6 Å². The molecule has 0 atom stereocenters. The first-order chi connectivity index (χ1) is 9.99. The molecule has 0 radical (unpaired) electrons. The van der Waals surface area contributed by atoms with Gasteiger partial charge >= 0.3 is 0 Å². The fourth-order valence-corrected chi connectivity index (χ4v) is 2.00. The van der Waals surface area contributed by atoms with Crippen LogP contribution in [0.25, 0.3) is 0 Å². The predicted molar refractivity (Wildman–Crippen MR) is 79.5 cm³/mol. The number of benzene rings is 1. The second-order valence-corrected chi connectivity index (χ2v) is 4.59. The molecule has 7 heteroatoms. The lowest BCUT2D eigenvalue weighted by atomic mass is 10.1. The van der Waals surface area contributed by atoms with Crippen LogP contribution < -0.4 is 5.32 Å². The molecule has 0 aliphatic rings. The van der Waals surface area contributed by atoms with Crippen LogP contribution in [0.1, 0.15) is 30.6 Å². The lowest BCUT2D eigenvalue weighted by Crippen LogP contribution is -2.30. The van der Waals surface area contributed by atoms with Crippen molar-refractivity contribution in [3.8, 4) is 5.75 Å². The van der Waals surface area contributed by atoms with E-state index in [2.05, 4.69) is 24.1 Å². The lowest BCUT2D eigenvalue weighted by Gasteiger charge is -2.17. The molecular weight excluding hydrogens is 274 g/mol. The summed E-state index contributed by atoms with van der Waals surface area (Å²) < 4.78 is 0. The van der Waals surface area contributed by atoms with Gasteiger partial charge in [-0.25, -0.2) is 0 Å². The standard InChI is InChI=1S/C14H21N3O4/c1-3-16(4-2)9-5-8-15-14(19)12-10-11(18)6-7-13(12)17(20)21/h6-7,10,18H,3-5,8-9H2,1-2H3,(H,15,19). The SMILES string of the molecule is CCN(CC)CCCNC(=O)c1cc(O)ccc1[N+](=O)[O-]. The number of rotatable bonds is 8. The molecule has 0 saturated carbocycles. The summed E-state index contributed by atoms with van der Waals surface area (Å²) in [6, 6.07) is 3.42. The van der Waals surface area contributed by atoms with Gasteiger partial charge in [-0.2, -0.15) is 0 Å². The first-order valence-electron chi connectivity index (χ1n) is 6.97. The largest absolute Gasteiger partial charge is 0.508 e. The smallest absolute Gasteiger partial charge is 0.282 e. The van der Waals surface area contributed by atoms with E-state index >= 15 is 0 Å². The van der Waals surface area contributed by atoms with E-state index in [0.717, 1.165) is 38.2 Å². The summed E-state index contributed by atoms with van der Waals surface area (Å²) in [5.41, 5.74) is -0.433. The topological polar surface area (TPSA) is 95.7 Å². The van der Waals surface area contributed by atoms with E-state index in [1.807, 2.05) is 0 Å². The van der Waals surface area contributed by atoms with E-state index in [4.69, 9.17) is 0 Å². The van der Waals surface area contributed by atoms with Crippen molar-refractivity contribution in [2.24, 2.45) is 0 Å². The van der Waals surface area contributed by atoms with Crippen LogP contribution in [0.4, 0.5) is 5.69 Å². The molecule has 21 heavy (non-hydrogen) atoms. The Hall–Kier alpha value is -2.15. The molecule has 0 bridgehead atoms. The molecular formula is C14H21N3O4. The second-order valence-electron chi connectivity index (χ2n) is 4.59. The Balaban J connectivity index is 2.60. The maximum Gasteiger partial charge on any atom is 0.282 e. The minimum atomic E-state index is -0.635. The summed E-state index contributed by atoms with van der Waals surface area (Å²) in [4.78, 5) is 24.4. The molecule has 116 valence electrons. The van der Waals surface area contributed by atoms with E-state index < -0.39 is 10.8 Å². The molecule has 0 aliphatic carbocycles. The maximum absolute atomic E-state index is 12.0. The van der Waals surface area contributed by atoms with Gasteiger partial charge in [0.25, 0.3) is 11.6 Å². The van der Waals surface area contributed by atoms with E-state index in [1.165, 1.54) is 6.07 Å². The highest BCUT2D eigenvalue weighted by molar-refractivity contribution is 5.98. The van der Waals surface area contributed by atoms with Crippen LogP contribution >= 0.6 is 0 Å². The Morgan fingerprint density at radius 2 is 2.05 bits per heavy atom. The number of hydrogen-bond donors (Lipinski definition) is 2. The molecule has 0 unspecified atom stereocenters. The number of nitro benzene ring substituents is 1. The average Bonchev–Trinajstić information content (AvgIpc) is 2.46. The van der Waals surface area contributed by atoms with Crippen LogP contribution in [-0.2, 0) is 0 Å². The summed E-state index contributed by atoms with van der Waals surface area (Å²) in [5, 5.41) is 22.9. The summed E-state index contributed by atoms with van der Waals surface area (Å²) in [6.07, 6.45) is 0.764. The van der Waals surface area contributed by atoms with Crippen LogP contribution in [0, 0.1) is 10.1 Å². The monoisotopic (exact) mass is 295 g/mol. The molecule has 0 aromatic heterocycles. The van der Waals surface area contributed by atoms with Gasteiger partial charge in [-0.05, 0) is 38.2 Å². The molecule has 0 spiro atoms. The van der Waals surface area contributed by atoms with Gasteiger partial charge in [-0.15, -0.1) is 0 Å². The first kappa shape index (κ1) is 16.9. The van der Waals surface area contributed by atoms with Crippen LogP contribution in [-0.4, -0.2) is 47.0 Å². The third kappa shape index (κ3) is 5.03. The number of phenolic OH excluding ortho intramolecular Hbond substituents is 1. The number of nitro groups is 1. The Labute approximate surface area is 123 Å². The Morgan fingerprint density at radius 3 is 2.62 bits per heavy atom. The highest BCUT2D eigenvalue weighted by atomic mass is 16.6. The number of hydrogen-bond acceptors (Lipinski definition) is 5. The molecule has 1 rings (SSSR count). The highest BCUT2D eigenvalue weighted by Gasteiger charge is 2.20. The van der Waals surface area contributed by atoms with Gasteiger partial charge in [-0.3, -0.25) is 14.9 Å². The van der Waals surface area contributed by atoms with Gasteiger partial charge < -0.3 is 15.3 Å². The van der Waals surface area contributed by atoms with E-state index in [1.54, 1.807) is 0 Å².